The molecule has 0 aliphatic carbocycles. The predicted molar refractivity (Wildman–Crippen MR) is 71.7 cm³/mol. The summed E-state index contributed by atoms with van der Waals surface area (Å²) in [5.41, 5.74) is 1.10. The Balaban J connectivity index is 1.86. The molecule has 1 aliphatic heterocycles. The number of nitrogens with one attached hydrogen (secondary N) is 1. The van der Waals surface area contributed by atoms with Crippen LogP contribution in [0.4, 0.5) is 0 Å². The van der Waals surface area contributed by atoms with Crippen molar-refractivity contribution in [2.45, 2.75) is 18.1 Å². The van der Waals surface area contributed by atoms with E-state index < -0.39 is 9.84 Å². The predicted octanol–water partition coefficient (Wildman–Crippen LogP) is 1.60. The minimum atomic E-state index is -3.44. The van der Waals surface area contributed by atoms with Crippen LogP contribution in [0.1, 0.15) is 12.8 Å². The first-order valence-corrected chi connectivity index (χ1v) is 8.09. The number of fused-ring (bicyclic) bond motifs is 1. The molecule has 3 rings (SSSR count). The minimum absolute atomic E-state index is 0.104. The third-order valence-electron chi connectivity index (χ3n) is 3.39. The maximum absolute atomic E-state index is 12.3. The van der Waals surface area contributed by atoms with Gasteiger partial charge in [0.1, 0.15) is 5.52 Å². The third kappa shape index (κ3) is 2.64. The number of hydrogen-bond acceptors (Lipinski definition) is 5. The summed E-state index contributed by atoms with van der Waals surface area (Å²) in [4.78, 5) is 4.07. The largest absolute Gasteiger partial charge is 0.428 e. The summed E-state index contributed by atoms with van der Waals surface area (Å²) in [7, 11) is -3.44. The lowest BCUT2D eigenvalue weighted by atomic mass is 10.0. The van der Waals surface area contributed by atoms with Crippen LogP contribution >= 0.6 is 0 Å². The van der Waals surface area contributed by atoms with Gasteiger partial charge >= 0.3 is 5.22 Å². The molecule has 1 aromatic carbocycles. The van der Waals surface area contributed by atoms with Crippen LogP contribution in [-0.2, 0) is 9.84 Å². The summed E-state index contributed by atoms with van der Waals surface area (Å²) < 4.78 is 29.9. The summed E-state index contributed by atoms with van der Waals surface area (Å²) in [6, 6.07) is 7.09. The van der Waals surface area contributed by atoms with Gasteiger partial charge in [-0.15, -0.1) is 0 Å². The van der Waals surface area contributed by atoms with Crippen molar-refractivity contribution < 1.29 is 12.8 Å². The van der Waals surface area contributed by atoms with Crippen LogP contribution in [0.15, 0.2) is 33.9 Å². The Labute approximate surface area is 111 Å². The highest BCUT2D eigenvalue weighted by atomic mass is 32.2. The average molecular weight is 280 g/mol. The molecule has 102 valence electrons. The highest BCUT2D eigenvalue weighted by Gasteiger charge is 2.27. The molecule has 0 unspecified atom stereocenters. The quantitative estimate of drug-likeness (QED) is 0.924. The Morgan fingerprint density at radius 2 is 2.21 bits per heavy atom. The maximum Gasteiger partial charge on any atom is 0.316 e. The smallest absolute Gasteiger partial charge is 0.316 e. The second-order valence-corrected chi connectivity index (χ2v) is 6.85. The fourth-order valence-corrected chi connectivity index (χ4v) is 3.93. The van der Waals surface area contributed by atoms with Gasteiger partial charge in [-0.1, -0.05) is 12.1 Å². The lowest BCUT2D eigenvalue weighted by Gasteiger charge is -2.21. The monoisotopic (exact) mass is 280 g/mol. The average Bonchev–Trinajstić information content (AvgIpc) is 2.84. The molecular weight excluding hydrogens is 264 g/mol. The molecule has 1 saturated heterocycles. The number of para-hydroxylation sites is 2. The molecule has 0 radical (unpaired) electrons. The number of hydrogen-bond donors (Lipinski definition) is 1. The van der Waals surface area contributed by atoms with Crippen molar-refractivity contribution in [1.82, 2.24) is 10.3 Å². The molecule has 2 heterocycles. The number of benzene rings is 1. The van der Waals surface area contributed by atoms with Gasteiger partial charge in [0.2, 0.25) is 9.84 Å². The van der Waals surface area contributed by atoms with Crippen LogP contribution in [0.3, 0.4) is 0 Å². The number of nitrogens with zero attached hydrogens (tertiary/aromatic N) is 1. The van der Waals surface area contributed by atoms with Crippen molar-refractivity contribution in [3.8, 4) is 0 Å². The zero-order chi connectivity index (χ0) is 13.3. The van der Waals surface area contributed by atoms with Crippen LogP contribution in [0.5, 0.6) is 0 Å². The van der Waals surface area contributed by atoms with Gasteiger partial charge in [0.05, 0.1) is 5.75 Å². The first-order chi connectivity index (χ1) is 9.15. The van der Waals surface area contributed by atoms with Crippen molar-refractivity contribution in [3.05, 3.63) is 24.3 Å². The number of rotatable bonds is 3. The fourth-order valence-electron chi connectivity index (χ4n) is 2.43. The zero-order valence-corrected chi connectivity index (χ0v) is 11.3. The Hall–Kier alpha value is -1.40. The van der Waals surface area contributed by atoms with Crippen molar-refractivity contribution in [2.24, 2.45) is 5.92 Å². The minimum Gasteiger partial charge on any atom is -0.428 e. The normalized spacial score (nSPS) is 20.7. The fraction of sp³-hybridized carbons (Fsp3) is 0.462. The first-order valence-electron chi connectivity index (χ1n) is 6.44. The summed E-state index contributed by atoms with van der Waals surface area (Å²) >= 11 is 0. The molecule has 1 fully saturated rings. The molecular formula is C13H16N2O3S. The summed E-state index contributed by atoms with van der Waals surface area (Å²) in [6.07, 6.45) is 1.96. The molecule has 2 aromatic rings. The first kappa shape index (κ1) is 12.6. The van der Waals surface area contributed by atoms with E-state index in [-0.39, 0.29) is 16.9 Å². The van der Waals surface area contributed by atoms with Gasteiger partial charge in [-0.25, -0.2) is 8.42 Å². The van der Waals surface area contributed by atoms with Gasteiger partial charge in [0.15, 0.2) is 5.58 Å². The van der Waals surface area contributed by atoms with E-state index in [1.54, 1.807) is 18.2 Å². The summed E-state index contributed by atoms with van der Waals surface area (Å²) in [6.45, 7) is 1.72. The van der Waals surface area contributed by atoms with E-state index >= 15 is 0 Å². The molecule has 0 bridgehead atoms. The van der Waals surface area contributed by atoms with Gasteiger partial charge in [0.25, 0.3) is 0 Å². The molecule has 5 nitrogen and oxygen atoms in total. The van der Waals surface area contributed by atoms with Crippen molar-refractivity contribution >= 4 is 20.9 Å². The molecule has 1 N–H and O–H groups in total. The van der Waals surface area contributed by atoms with Crippen LogP contribution < -0.4 is 5.32 Å². The lowest BCUT2D eigenvalue weighted by molar-refractivity contribution is 0.397. The second kappa shape index (κ2) is 4.94. The number of aromatic nitrogens is 1. The topological polar surface area (TPSA) is 72.2 Å². The Morgan fingerprint density at radius 3 is 2.95 bits per heavy atom. The lowest BCUT2D eigenvalue weighted by Crippen LogP contribution is -2.33. The van der Waals surface area contributed by atoms with Crippen LogP contribution in [0, 0.1) is 5.92 Å². The Morgan fingerprint density at radius 1 is 1.37 bits per heavy atom. The van der Waals surface area contributed by atoms with E-state index in [1.165, 1.54) is 0 Å². The second-order valence-electron chi connectivity index (χ2n) is 4.94. The van der Waals surface area contributed by atoms with Crippen LogP contribution in [0.25, 0.3) is 11.1 Å². The molecule has 1 aromatic heterocycles. The maximum atomic E-state index is 12.3. The van der Waals surface area contributed by atoms with E-state index in [0.29, 0.717) is 11.1 Å². The van der Waals surface area contributed by atoms with Gasteiger partial charge in [-0.3, -0.25) is 0 Å². The highest BCUT2D eigenvalue weighted by molar-refractivity contribution is 7.91. The number of sulfone groups is 1. The summed E-state index contributed by atoms with van der Waals surface area (Å²) in [5.74, 6) is 0.251. The van der Waals surface area contributed by atoms with Crippen LogP contribution in [-0.4, -0.2) is 32.2 Å². The van der Waals surface area contributed by atoms with Gasteiger partial charge in [-0.2, -0.15) is 4.98 Å². The van der Waals surface area contributed by atoms with E-state index in [0.717, 1.165) is 25.9 Å². The molecule has 6 heteroatoms. The van der Waals surface area contributed by atoms with Gasteiger partial charge < -0.3 is 9.73 Å². The van der Waals surface area contributed by atoms with Crippen LogP contribution in [0.2, 0.25) is 0 Å². The van der Waals surface area contributed by atoms with E-state index in [2.05, 4.69) is 10.3 Å². The van der Waals surface area contributed by atoms with Gasteiger partial charge in [-0.05, 0) is 44.0 Å². The molecule has 1 atom stereocenters. The molecule has 0 saturated carbocycles. The third-order valence-corrected chi connectivity index (χ3v) is 5.01. The highest BCUT2D eigenvalue weighted by Crippen LogP contribution is 2.22. The standard InChI is InChI=1S/C13H16N2O3S/c16-19(17,9-10-4-3-7-14-8-10)13-15-11-5-1-2-6-12(11)18-13/h1-2,5-6,10,14H,3-4,7-9H2/t10-/m1/s1. The van der Waals surface area contributed by atoms with Crippen molar-refractivity contribution in [3.63, 3.8) is 0 Å². The summed E-state index contributed by atoms with van der Waals surface area (Å²) in [5, 5.41) is 3.07. The van der Waals surface area contributed by atoms with Crippen molar-refractivity contribution in [2.75, 3.05) is 18.8 Å². The van der Waals surface area contributed by atoms with E-state index in [9.17, 15) is 8.42 Å². The molecule has 1 aliphatic rings. The van der Waals surface area contributed by atoms with E-state index in [4.69, 9.17) is 4.42 Å². The van der Waals surface area contributed by atoms with E-state index in [1.807, 2.05) is 6.07 Å². The zero-order valence-electron chi connectivity index (χ0n) is 10.5. The number of oxazole rings is 1. The van der Waals surface area contributed by atoms with Gasteiger partial charge in [0, 0.05) is 0 Å². The Kier molecular flexibility index (Phi) is 3.28. The molecule has 0 amide bonds. The van der Waals surface area contributed by atoms with Crippen molar-refractivity contribution in [1.29, 1.82) is 0 Å². The SMILES string of the molecule is O=S(=O)(C[C@@H]1CCCNC1)c1nc2ccccc2o1. The number of piperidine rings is 1. The molecule has 19 heavy (non-hydrogen) atoms. The Bertz CT molecular complexity index is 639. The molecule has 0 spiro atoms.